The van der Waals surface area contributed by atoms with Crippen LogP contribution in [-0.2, 0) is 20.9 Å². The molecule has 1 atom stereocenters. The van der Waals surface area contributed by atoms with Crippen molar-refractivity contribution in [3.8, 4) is 5.75 Å². The molecule has 0 saturated carbocycles. The van der Waals surface area contributed by atoms with Crippen LogP contribution in [0.1, 0.15) is 53.6 Å². The number of benzene rings is 3. The van der Waals surface area contributed by atoms with Crippen LogP contribution >= 0.6 is 0 Å². The van der Waals surface area contributed by atoms with Crippen LogP contribution in [0, 0.1) is 6.92 Å². The van der Waals surface area contributed by atoms with Gasteiger partial charge in [-0.15, -0.1) is 0 Å². The first kappa shape index (κ1) is 26.2. The fraction of sp³-hybridized carbons (Fsp3) is 0.290. The Hall–Kier alpha value is -3.90. The molecule has 1 unspecified atom stereocenters. The maximum atomic E-state index is 13.1. The second-order valence-electron chi connectivity index (χ2n) is 9.61. The average molecular weight is 500 g/mol. The average Bonchev–Trinajstić information content (AvgIpc) is 3.15. The van der Waals surface area contributed by atoms with E-state index in [1.165, 1.54) is 4.90 Å². The molecule has 4 rings (SSSR count). The first-order valence-corrected chi connectivity index (χ1v) is 12.5. The first-order chi connectivity index (χ1) is 17.8. The molecule has 1 heterocycles. The molecule has 1 saturated heterocycles. The number of carbonyl (C=O) groups is 2. The van der Waals surface area contributed by atoms with Gasteiger partial charge in [0, 0.05) is 19.2 Å². The van der Waals surface area contributed by atoms with Gasteiger partial charge < -0.3 is 19.5 Å². The van der Waals surface area contributed by atoms with E-state index >= 15 is 0 Å². The highest BCUT2D eigenvalue weighted by Crippen LogP contribution is 2.39. The summed E-state index contributed by atoms with van der Waals surface area (Å²) in [6.45, 7) is 7.18. The molecule has 6 nitrogen and oxygen atoms in total. The molecule has 1 N–H and O–H groups in total. The minimum absolute atomic E-state index is 0.0758. The van der Waals surface area contributed by atoms with Gasteiger partial charge in [-0.1, -0.05) is 67.9 Å². The number of rotatable bonds is 9. The maximum Gasteiger partial charge on any atom is 0.295 e. The second kappa shape index (κ2) is 11.4. The topological polar surface area (TPSA) is 76.1 Å². The molecule has 1 amide bonds. The number of hydrogen-bond donors (Lipinski definition) is 1. The number of methoxy groups -OCH3 is 1. The highest BCUT2D eigenvalue weighted by atomic mass is 16.5. The third-order valence-electron chi connectivity index (χ3n) is 6.61. The molecule has 192 valence electrons. The summed E-state index contributed by atoms with van der Waals surface area (Å²) in [5.74, 6) is -0.567. The fourth-order valence-electron chi connectivity index (χ4n) is 4.54. The van der Waals surface area contributed by atoms with Gasteiger partial charge in [-0.25, -0.2) is 0 Å². The van der Waals surface area contributed by atoms with E-state index in [0.717, 1.165) is 22.3 Å². The van der Waals surface area contributed by atoms with Gasteiger partial charge in [0.2, 0.25) is 0 Å². The van der Waals surface area contributed by atoms with Crippen LogP contribution in [0.2, 0.25) is 0 Å². The van der Waals surface area contributed by atoms with Crippen molar-refractivity contribution in [3.63, 3.8) is 0 Å². The number of carbonyl (C=O) groups excluding carboxylic acids is 2. The maximum absolute atomic E-state index is 13.1. The van der Waals surface area contributed by atoms with Gasteiger partial charge in [-0.3, -0.25) is 9.59 Å². The number of ether oxygens (including phenoxy) is 2. The van der Waals surface area contributed by atoms with Gasteiger partial charge in [0.05, 0.1) is 18.2 Å². The Balaban J connectivity index is 1.64. The van der Waals surface area contributed by atoms with E-state index in [9.17, 15) is 14.7 Å². The van der Waals surface area contributed by atoms with Crippen molar-refractivity contribution in [2.75, 3.05) is 20.3 Å². The summed E-state index contributed by atoms with van der Waals surface area (Å²) in [5.41, 5.74) is 4.66. The number of aliphatic hydroxyl groups excluding tert-OH is 1. The number of aliphatic hydroxyl groups is 1. The van der Waals surface area contributed by atoms with Crippen molar-refractivity contribution in [1.29, 1.82) is 0 Å². The molecule has 37 heavy (non-hydrogen) atoms. The lowest BCUT2D eigenvalue weighted by Crippen LogP contribution is -2.32. The third kappa shape index (κ3) is 5.75. The molecular weight excluding hydrogens is 466 g/mol. The van der Waals surface area contributed by atoms with Crippen LogP contribution in [0.4, 0.5) is 0 Å². The molecule has 0 spiro atoms. The minimum Gasteiger partial charge on any atom is -0.507 e. The Labute approximate surface area is 218 Å². The van der Waals surface area contributed by atoms with Crippen molar-refractivity contribution in [2.24, 2.45) is 0 Å². The molecule has 0 aromatic heterocycles. The molecule has 0 aliphatic carbocycles. The van der Waals surface area contributed by atoms with Crippen molar-refractivity contribution < 1.29 is 24.2 Å². The van der Waals surface area contributed by atoms with Gasteiger partial charge in [0.1, 0.15) is 18.1 Å². The Kier molecular flexibility index (Phi) is 8.09. The molecule has 1 aliphatic rings. The van der Waals surface area contributed by atoms with Crippen LogP contribution in [0.15, 0.2) is 78.4 Å². The zero-order valence-corrected chi connectivity index (χ0v) is 21.7. The highest BCUT2D eigenvalue weighted by Gasteiger charge is 2.45. The zero-order chi connectivity index (χ0) is 26.5. The predicted octanol–water partition coefficient (Wildman–Crippen LogP) is 5.77. The van der Waals surface area contributed by atoms with E-state index in [4.69, 9.17) is 9.47 Å². The smallest absolute Gasteiger partial charge is 0.295 e. The predicted molar refractivity (Wildman–Crippen MR) is 143 cm³/mol. The number of ketones is 1. The third-order valence-corrected chi connectivity index (χ3v) is 6.61. The highest BCUT2D eigenvalue weighted by molar-refractivity contribution is 6.46. The Morgan fingerprint density at radius 2 is 1.70 bits per heavy atom. The van der Waals surface area contributed by atoms with Gasteiger partial charge in [0.15, 0.2) is 0 Å². The van der Waals surface area contributed by atoms with Crippen LogP contribution in [0.5, 0.6) is 5.75 Å². The second-order valence-corrected chi connectivity index (χ2v) is 9.61. The van der Waals surface area contributed by atoms with Gasteiger partial charge in [-0.2, -0.15) is 0 Å². The quantitative estimate of drug-likeness (QED) is 0.230. The van der Waals surface area contributed by atoms with Crippen molar-refractivity contribution in [1.82, 2.24) is 4.90 Å². The lowest BCUT2D eigenvalue weighted by molar-refractivity contribution is -0.140. The number of likely N-dealkylation sites (tertiary alicyclic amines) is 1. The molecule has 1 fully saturated rings. The summed E-state index contributed by atoms with van der Waals surface area (Å²) in [6, 6.07) is 22.1. The number of aryl methyl sites for hydroxylation is 1. The molecule has 0 radical (unpaired) electrons. The van der Waals surface area contributed by atoms with Gasteiger partial charge in [0.25, 0.3) is 11.7 Å². The molecule has 0 bridgehead atoms. The number of nitrogens with zero attached hydrogens (tertiary/aromatic N) is 1. The van der Waals surface area contributed by atoms with Crippen LogP contribution < -0.4 is 4.74 Å². The van der Waals surface area contributed by atoms with Crippen molar-refractivity contribution in [3.05, 3.63) is 106 Å². The van der Waals surface area contributed by atoms with E-state index in [-0.39, 0.29) is 24.5 Å². The standard InChI is InChI=1S/C31H33NO5/c1-20(2)23-8-10-24(11-9-23)28-27(30(34)31(35)32(28)16-17-36-4)29(33)25-12-14-26(15-13-25)37-19-22-7-5-6-21(3)18-22/h5-15,18,20,28,33H,16-17,19H2,1-4H3/b29-27-. The Bertz CT molecular complexity index is 1290. The summed E-state index contributed by atoms with van der Waals surface area (Å²) in [5, 5.41) is 11.3. The molecule has 3 aromatic carbocycles. The summed E-state index contributed by atoms with van der Waals surface area (Å²) in [4.78, 5) is 27.6. The van der Waals surface area contributed by atoms with E-state index in [1.807, 2.05) is 49.4 Å². The van der Waals surface area contributed by atoms with E-state index in [1.54, 1.807) is 31.4 Å². The Morgan fingerprint density at radius 1 is 1.00 bits per heavy atom. The lowest BCUT2D eigenvalue weighted by Gasteiger charge is -2.25. The number of Topliss-reactive ketones (excluding diaryl/α,β-unsaturated/α-hetero) is 1. The van der Waals surface area contributed by atoms with Gasteiger partial charge in [-0.05, 0) is 53.8 Å². The number of hydrogen-bond acceptors (Lipinski definition) is 5. The summed E-state index contributed by atoms with van der Waals surface area (Å²) < 4.78 is 11.1. The van der Waals surface area contributed by atoms with Crippen LogP contribution in [0.3, 0.4) is 0 Å². The van der Waals surface area contributed by atoms with E-state index < -0.39 is 17.7 Å². The zero-order valence-electron chi connectivity index (χ0n) is 21.7. The van der Waals surface area contributed by atoms with Crippen LogP contribution in [-0.4, -0.2) is 42.0 Å². The monoisotopic (exact) mass is 499 g/mol. The van der Waals surface area contributed by atoms with Crippen molar-refractivity contribution in [2.45, 2.75) is 39.3 Å². The summed E-state index contributed by atoms with van der Waals surface area (Å²) in [6.07, 6.45) is 0. The normalized spacial score (nSPS) is 17.0. The van der Waals surface area contributed by atoms with E-state index in [0.29, 0.717) is 23.8 Å². The minimum atomic E-state index is -0.702. The fourth-order valence-corrected chi connectivity index (χ4v) is 4.54. The first-order valence-electron chi connectivity index (χ1n) is 12.5. The molecule has 1 aliphatic heterocycles. The largest absolute Gasteiger partial charge is 0.507 e. The molecule has 6 heteroatoms. The number of amides is 1. The van der Waals surface area contributed by atoms with Crippen molar-refractivity contribution >= 4 is 17.4 Å². The lowest BCUT2D eigenvalue weighted by atomic mass is 9.93. The van der Waals surface area contributed by atoms with Gasteiger partial charge >= 0.3 is 0 Å². The molecular formula is C31H33NO5. The Morgan fingerprint density at radius 3 is 2.32 bits per heavy atom. The SMILES string of the molecule is COCCN1C(=O)C(=O)/C(=C(\O)c2ccc(OCc3cccc(C)c3)cc2)C1c1ccc(C(C)C)cc1. The molecule has 3 aromatic rings. The van der Waals surface area contributed by atoms with Crippen LogP contribution in [0.25, 0.3) is 5.76 Å². The summed E-state index contributed by atoms with van der Waals surface area (Å²) in [7, 11) is 1.55. The summed E-state index contributed by atoms with van der Waals surface area (Å²) >= 11 is 0. The van der Waals surface area contributed by atoms with E-state index in [2.05, 4.69) is 19.9 Å².